The number of rotatable bonds is 6. The van der Waals surface area contributed by atoms with Crippen LogP contribution in [0.2, 0.25) is 0 Å². The van der Waals surface area contributed by atoms with Crippen LogP contribution < -0.4 is 0 Å². The molecule has 1 saturated heterocycles. The van der Waals surface area contributed by atoms with E-state index in [1.165, 1.54) is 0 Å². The molecule has 100 valence electrons. The summed E-state index contributed by atoms with van der Waals surface area (Å²) in [5.74, 6) is -0.0130. The van der Waals surface area contributed by atoms with Gasteiger partial charge in [-0.25, -0.2) is 0 Å². The minimum absolute atomic E-state index is 0.0130. The molecule has 1 aliphatic rings. The summed E-state index contributed by atoms with van der Waals surface area (Å²) in [6.45, 7) is 7.21. The average molecular weight is 251 g/mol. The summed E-state index contributed by atoms with van der Waals surface area (Å²) in [7, 11) is 0. The molecule has 0 atom stereocenters. The molecule has 0 spiro atoms. The number of morpholine rings is 1. The SMILES string of the molecule is CC=CC(=O)N(CCC#N)CCN1CCOCC1. The zero-order chi connectivity index (χ0) is 13.2. The predicted molar refractivity (Wildman–Crippen MR) is 68.9 cm³/mol. The van der Waals surface area contributed by atoms with E-state index >= 15 is 0 Å². The van der Waals surface area contributed by atoms with Crippen LogP contribution in [0, 0.1) is 11.3 Å². The number of carbonyl (C=O) groups excluding carboxylic acids is 1. The van der Waals surface area contributed by atoms with Crippen molar-refractivity contribution in [1.82, 2.24) is 9.80 Å². The second-order valence-corrected chi connectivity index (χ2v) is 4.19. The van der Waals surface area contributed by atoms with Crippen LogP contribution in [-0.2, 0) is 9.53 Å². The number of hydrogen-bond acceptors (Lipinski definition) is 4. The Hall–Kier alpha value is -1.38. The number of carbonyl (C=O) groups is 1. The number of nitrogens with zero attached hydrogens (tertiary/aromatic N) is 3. The lowest BCUT2D eigenvalue weighted by atomic mass is 10.3. The normalized spacial score (nSPS) is 16.7. The Morgan fingerprint density at radius 3 is 2.78 bits per heavy atom. The summed E-state index contributed by atoms with van der Waals surface area (Å²) in [4.78, 5) is 15.8. The van der Waals surface area contributed by atoms with E-state index in [1.54, 1.807) is 17.1 Å². The zero-order valence-electron chi connectivity index (χ0n) is 11.0. The van der Waals surface area contributed by atoms with Crippen LogP contribution in [0.1, 0.15) is 13.3 Å². The molecule has 1 heterocycles. The van der Waals surface area contributed by atoms with Crippen LogP contribution >= 0.6 is 0 Å². The topological polar surface area (TPSA) is 56.6 Å². The van der Waals surface area contributed by atoms with E-state index in [4.69, 9.17) is 10.00 Å². The summed E-state index contributed by atoms with van der Waals surface area (Å²) in [5, 5.41) is 8.61. The van der Waals surface area contributed by atoms with Crippen molar-refractivity contribution < 1.29 is 9.53 Å². The molecule has 1 fully saturated rings. The molecule has 0 aliphatic carbocycles. The summed E-state index contributed by atoms with van der Waals surface area (Å²) in [6, 6.07) is 2.08. The lowest BCUT2D eigenvalue weighted by molar-refractivity contribution is -0.126. The van der Waals surface area contributed by atoms with Gasteiger partial charge < -0.3 is 9.64 Å². The first-order valence-corrected chi connectivity index (χ1v) is 6.36. The molecular formula is C13H21N3O2. The lowest BCUT2D eigenvalue weighted by Crippen LogP contribution is -2.43. The molecule has 0 unspecified atom stereocenters. The maximum Gasteiger partial charge on any atom is 0.246 e. The van der Waals surface area contributed by atoms with Gasteiger partial charge in [-0.2, -0.15) is 5.26 Å². The third-order valence-corrected chi connectivity index (χ3v) is 2.90. The highest BCUT2D eigenvalue weighted by atomic mass is 16.5. The Morgan fingerprint density at radius 2 is 2.17 bits per heavy atom. The quantitative estimate of drug-likeness (QED) is 0.650. The molecule has 5 heteroatoms. The fourth-order valence-electron chi connectivity index (χ4n) is 1.85. The third kappa shape index (κ3) is 5.30. The molecule has 5 nitrogen and oxygen atoms in total. The van der Waals surface area contributed by atoms with Gasteiger partial charge in [0.2, 0.25) is 5.91 Å². The van der Waals surface area contributed by atoms with Crippen LogP contribution in [0.15, 0.2) is 12.2 Å². The van der Waals surface area contributed by atoms with Crippen molar-refractivity contribution in [3.05, 3.63) is 12.2 Å². The summed E-state index contributed by atoms with van der Waals surface area (Å²) in [5.41, 5.74) is 0. The van der Waals surface area contributed by atoms with Gasteiger partial charge in [0, 0.05) is 32.7 Å². The van der Waals surface area contributed by atoms with E-state index in [0.717, 1.165) is 32.8 Å². The molecular weight excluding hydrogens is 230 g/mol. The van der Waals surface area contributed by atoms with Gasteiger partial charge in [-0.15, -0.1) is 0 Å². The molecule has 18 heavy (non-hydrogen) atoms. The summed E-state index contributed by atoms with van der Waals surface area (Å²) >= 11 is 0. The van der Waals surface area contributed by atoms with Crippen molar-refractivity contribution in [3.63, 3.8) is 0 Å². The van der Waals surface area contributed by atoms with Crippen LogP contribution in [0.4, 0.5) is 0 Å². The fraction of sp³-hybridized carbons (Fsp3) is 0.692. The predicted octanol–water partition coefficient (Wildman–Crippen LogP) is 0.637. The smallest absolute Gasteiger partial charge is 0.246 e. The highest BCUT2D eigenvalue weighted by molar-refractivity contribution is 5.87. The second-order valence-electron chi connectivity index (χ2n) is 4.19. The molecule has 0 bridgehead atoms. The van der Waals surface area contributed by atoms with Crippen molar-refractivity contribution in [2.45, 2.75) is 13.3 Å². The number of amides is 1. The standard InChI is InChI=1S/C13H21N3O2/c1-2-4-13(17)16(6-3-5-14)8-7-15-9-11-18-12-10-15/h2,4H,3,6-12H2,1H3. The number of allylic oxidation sites excluding steroid dienone is 1. The van der Waals surface area contributed by atoms with E-state index < -0.39 is 0 Å². The van der Waals surface area contributed by atoms with E-state index in [2.05, 4.69) is 11.0 Å². The van der Waals surface area contributed by atoms with Crippen LogP contribution in [0.25, 0.3) is 0 Å². The molecule has 0 radical (unpaired) electrons. The van der Waals surface area contributed by atoms with Gasteiger partial charge in [0.25, 0.3) is 0 Å². The summed E-state index contributed by atoms with van der Waals surface area (Å²) in [6.07, 6.45) is 3.67. The van der Waals surface area contributed by atoms with E-state index in [9.17, 15) is 4.79 Å². The highest BCUT2D eigenvalue weighted by Gasteiger charge is 2.14. The molecule has 1 rings (SSSR count). The monoisotopic (exact) mass is 251 g/mol. The van der Waals surface area contributed by atoms with Crippen molar-refractivity contribution in [2.24, 2.45) is 0 Å². The van der Waals surface area contributed by atoms with Gasteiger partial charge in [0.1, 0.15) is 0 Å². The maximum absolute atomic E-state index is 11.8. The summed E-state index contributed by atoms with van der Waals surface area (Å²) < 4.78 is 5.28. The lowest BCUT2D eigenvalue weighted by Gasteiger charge is -2.29. The maximum atomic E-state index is 11.8. The van der Waals surface area contributed by atoms with Gasteiger partial charge in [-0.05, 0) is 13.0 Å². The molecule has 1 amide bonds. The van der Waals surface area contributed by atoms with E-state index in [0.29, 0.717) is 19.5 Å². The molecule has 0 aromatic rings. The van der Waals surface area contributed by atoms with E-state index in [-0.39, 0.29) is 5.91 Å². The molecule has 1 aliphatic heterocycles. The minimum Gasteiger partial charge on any atom is -0.379 e. The Bertz CT molecular complexity index is 317. The Labute approximate surface area is 109 Å². The third-order valence-electron chi connectivity index (χ3n) is 2.90. The van der Waals surface area contributed by atoms with E-state index in [1.807, 2.05) is 6.92 Å². The molecule has 0 N–H and O–H groups in total. The Morgan fingerprint density at radius 1 is 1.44 bits per heavy atom. The molecule has 0 saturated carbocycles. The Kier molecular flexibility index (Phi) is 7.07. The Balaban J connectivity index is 2.39. The van der Waals surface area contributed by atoms with Gasteiger partial charge in [-0.1, -0.05) is 6.08 Å². The van der Waals surface area contributed by atoms with Gasteiger partial charge in [0.15, 0.2) is 0 Å². The first-order chi connectivity index (χ1) is 8.77. The number of hydrogen-bond donors (Lipinski definition) is 0. The van der Waals surface area contributed by atoms with Crippen molar-refractivity contribution in [3.8, 4) is 6.07 Å². The molecule has 0 aromatic carbocycles. The first-order valence-electron chi connectivity index (χ1n) is 6.36. The van der Waals surface area contributed by atoms with Gasteiger partial charge in [0.05, 0.1) is 25.7 Å². The largest absolute Gasteiger partial charge is 0.379 e. The molecule has 0 aromatic heterocycles. The van der Waals surface area contributed by atoms with Crippen LogP contribution in [0.5, 0.6) is 0 Å². The fourth-order valence-corrected chi connectivity index (χ4v) is 1.85. The van der Waals surface area contributed by atoms with Crippen molar-refractivity contribution in [2.75, 3.05) is 45.9 Å². The zero-order valence-corrected chi connectivity index (χ0v) is 11.0. The highest BCUT2D eigenvalue weighted by Crippen LogP contribution is 2.00. The van der Waals surface area contributed by atoms with Gasteiger partial charge >= 0.3 is 0 Å². The number of nitriles is 1. The average Bonchev–Trinajstić information content (AvgIpc) is 2.40. The second kappa shape index (κ2) is 8.67. The van der Waals surface area contributed by atoms with Crippen molar-refractivity contribution in [1.29, 1.82) is 5.26 Å². The first kappa shape index (κ1) is 14.7. The minimum atomic E-state index is -0.0130. The number of ether oxygens (including phenoxy) is 1. The van der Waals surface area contributed by atoms with Crippen molar-refractivity contribution >= 4 is 5.91 Å². The van der Waals surface area contributed by atoms with Gasteiger partial charge in [-0.3, -0.25) is 9.69 Å². The van der Waals surface area contributed by atoms with Crippen LogP contribution in [0.3, 0.4) is 0 Å². The van der Waals surface area contributed by atoms with Crippen LogP contribution in [-0.4, -0.2) is 61.6 Å².